The molecule has 1 aliphatic rings. The number of β-amino-alcohol motifs (C(OH)–C–C–N with tert-alkyl or cyclic N) is 1. The summed E-state index contributed by atoms with van der Waals surface area (Å²) in [5.74, 6) is -0.121. The molecule has 1 aliphatic heterocycles. The number of carboxylic acid groups (broad SMARTS) is 1. The predicted molar refractivity (Wildman–Crippen MR) is 62.5 cm³/mol. The first-order chi connectivity index (χ1) is 7.58. The second-order valence-electron chi connectivity index (χ2n) is 3.91. The number of aliphatic hydroxyl groups excluding tert-OH is 1. The largest absolute Gasteiger partial charge is 0.465 e. The van der Waals surface area contributed by atoms with E-state index in [0.717, 1.165) is 10.0 Å². The number of benzene rings is 1. The summed E-state index contributed by atoms with van der Waals surface area (Å²) in [6, 6.07) is 7.60. The fourth-order valence-corrected chi connectivity index (χ4v) is 2.24. The third-order valence-corrected chi connectivity index (χ3v) is 3.39. The molecule has 1 fully saturated rings. The first-order valence-corrected chi connectivity index (χ1v) is 5.78. The normalized spacial score (nSPS) is 24.8. The highest BCUT2D eigenvalue weighted by Gasteiger charge is 2.34. The molecule has 16 heavy (non-hydrogen) atoms. The molecule has 0 radical (unpaired) electrons. The Morgan fingerprint density at radius 2 is 1.94 bits per heavy atom. The van der Waals surface area contributed by atoms with Crippen LogP contribution in [0.2, 0.25) is 0 Å². The van der Waals surface area contributed by atoms with Crippen LogP contribution in [0.5, 0.6) is 0 Å². The van der Waals surface area contributed by atoms with E-state index in [1.807, 2.05) is 24.3 Å². The molecule has 86 valence electrons. The average Bonchev–Trinajstić information content (AvgIpc) is 2.62. The lowest BCUT2D eigenvalue weighted by atomic mass is 9.96. The number of amides is 1. The number of rotatable bonds is 1. The smallest absolute Gasteiger partial charge is 0.407 e. The molecule has 2 N–H and O–H groups in total. The van der Waals surface area contributed by atoms with Crippen LogP contribution in [-0.2, 0) is 0 Å². The van der Waals surface area contributed by atoms with Gasteiger partial charge in [-0.05, 0) is 17.7 Å². The molecule has 1 amide bonds. The van der Waals surface area contributed by atoms with E-state index < -0.39 is 12.2 Å². The van der Waals surface area contributed by atoms with Gasteiger partial charge < -0.3 is 15.1 Å². The van der Waals surface area contributed by atoms with E-state index in [9.17, 15) is 9.90 Å². The number of aliphatic hydroxyl groups is 1. The number of hydrogen-bond acceptors (Lipinski definition) is 2. The standard InChI is InChI=1S/C11H12BrNO3/c12-8-3-1-7(2-4-8)9-5-13(11(15)16)6-10(9)14/h1-4,9-10,14H,5-6H2,(H,15,16)/t9-,10-/m0/s1. The van der Waals surface area contributed by atoms with E-state index in [0.29, 0.717) is 6.54 Å². The quantitative estimate of drug-likeness (QED) is 0.828. The molecule has 4 nitrogen and oxygen atoms in total. The summed E-state index contributed by atoms with van der Waals surface area (Å²) in [5, 5.41) is 18.7. The van der Waals surface area contributed by atoms with Crippen LogP contribution in [0.1, 0.15) is 11.5 Å². The van der Waals surface area contributed by atoms with Crippen molar-refractivity contribution in [1.82, 2.24) is 4.90 Å². The lowest BCUT2D eigenvalue weighted by Crippen LogP contribution is -2.27. The van der Waals surface area contributed by atoms with Crippen molar-refractivity contribution in [2.75, 3.05) is 13.1 Å². The number of likely N-dealkylation sites (tertiary alicyclic amines) is 1. The minimum absolute atomic E-state index is 0.121. The van der Waals surface area contributed by atoms with Gasteiger partial charge in [0, 0.05) is 16.9 Å². The van der Waals surface area contributed by atoms with Crippen molar-refractivity contribution in [1.29, 1.82) is 0 Å². The van der Waals surface area contributed by atoms with Crippen LogP contribution < -0.4 is 0 Å². The molecule has 2 rings (SSSR count). The van der Waals surface area contributed by atoms with Crippen LogP contribution >= 0.6 is 15.9 Å². The lowest BCUT2D eigenvalue weighted by molar-refractivity contribution is 0.138. The van der Waals surface area contributed by atoms with Gasteiger partial charge in [-0.1, -0.05) is 28.1 Å². The van der Waals surface area contributed by atoms with E-state index in [2.05, 4.69) is 15.9 Å². The van der Waals surface area contributed by atoms with Crippen molar-refractivity contribution in [2.45, 2.75) is 12.0 Å². The van der Waals surface area contributed by atoms with Gasteiger partial charge in [-0.25, -0.2) is 4.79 Å². The van der Waals surface area contributed by atoms with Crippen LogP contribution in [0, 0.1) is 0 Å². The maximum Gasteiger partial charge on any atom is 0.407 e. The second-order valence-corrected chi connectivity index (χ2v) is 4.83. The molecule has 2 atom stereocenters. The molecule has 0 aliphatic carbocycles. The maximum absolute atomic E-state index is 10.8. The molecule has 0 saturated carbocycles. The number of carbonyl (C=O) groups is 1. The van der Waals surface area contributed by atoms with Crippen molar-refractivity contribution < 1.29 is 15.0 Å². The lowest BCUT2D eigenvalue weighted by Gasteiger charge is -2.13. The summed E-state index contributed by atoms with van der Waals surface area (Å²) in [5.41, 5.74) is 0.972. The highest BCUT2D eigenvalue weighted by molar-refractivity contribution is 9.10. The van der Waals surface area contributed by atoms with Gasteiger partial charge in [0.15, 0.2) is 0 Å². The monoisotopic (exact) mass is 285 g/mol. The van der Waals surface area contributed by atoms with E-state index in [-0.39, 0.29) is 12.5 Å². The number of nitrogens with zero attached hydrogens (tertiary/aromatic N) is 1. The van der Waals surface area contributed by atoms with E-state index >= 15 is 0 Å². The van der Waals surface area contributed by atoms with Crippen molar-refractivity contribution in [2.24, 2.45) is 0 Å². The van der Waals surface area contributed by atoms with Gasteiger partial charge in [-0.15, -0.1) is 0 Å². The van der Waals surface area contributed by atoms with Gasteiger partial charge in [0.05, 0.1) is 12.6 Å². The van der Waals surface area contributed by atoms with Crippen LogP contribution in [0.4, 0.5) is 4.79 Å². The van der Waals surface area contributed by atoms with Crippen LogP contribution in [0.25, 0.3) is 0 Å². The van der Waals surface area contributed by atoms with Crippen LogP contribution in [0.3, 0.4) is 0 Å². The summed E-state index contributed by atoms with van der Waals surface area (Å²) in [6.07, 6.45) is -1.59. The zero-order chi connectivity index (χ0) is 11.7. The first-order valence-electron chi connectivity index (χ1n) is 4.99. The summed E-state index contributed by atoms with van der Waals surface area (Å²) < 4.78 is 0.971. The molecule has 0 aromatic heterocycles. The van der Waals surface area contributed by atoms with Gasteiger partial charge >= 0.3 is 6.09 Å². The minimum atomic E-state index is -0.973. The fraction of sp³-hybridized carbons (Fsp3) is 0.364. The van der Waals surface area contributed by atoms with Gasteiger partial charge in [-0.2, -0.15) is 0 Å². The Balaban J connectivity index is 2.16. The Hall–Kier alpha value is -1.07. The van der Waals surface area contributed by atoms with Gasteiger partial charge in [0.1, 0.15) is 0 Å². The van der Waals surface area contributed by atoms with Crippen LogP contribution in [-0.4, -0.2) is 40.4 Å². The number of hydrogen-bond donors (Lipinski definition) is 2. The zero-order valence-corrected chi connectivity index (χ0v) is 10.1. The summed E-state index contributed by atoms with van der Waals surface area (Å²) in [4.78, 5) is 12.0. The Morgan fingerprint density at radius 3 is 2.44 bits per heavy atom. The Kier molecular flexibility index (Phi) is 3.16. The summed E-state index contributed by atoms with van der Waals surface area (Å²) in [6.45, 7) is 0.550. The highest BCUT2D eigenvalue weighted by Crippen LogP contribution is 2.28. The Labute approximate surface area is 102 Å². The molecule has 0 bridgehead atoms. The fourth-order valence-electron chi connectivity index (χ4n) is 1.98. The van der Waals surface area contributed by atoms with E-state index in [1.165, 1.54) is 4.90 Å². The molecular weight excluding hydrogens is 274 g/mol. The number of halogens is 1. The van der Waals surface area contributed by atoms with Crippen molar-refractivity contribution in [3.63, 3.8) is 0 Å². The SMILES string of the molecule is O=C(O)N1C[C@H](O)[C@H](c2ccc(Br)cc2)C1. The minimum Gasteiger partial charge on any atom is -0.465 e. The molecule has 1 saturated heterocycles. The Morgan fingerprint density at radius 1 is 1.31 bits per heavy atom. The van der Waals surface area contributed by atoms with E-state index in [1.54, 1.807) is 0 Å². The molecule has 0 spiro atoms. The predicted octanol–water partition coefficient (Wildman–Crippen LogP) is 1.89. The third-order valence-electron chi connectivity index (χ3n) is 2.86. The molecule has 0 unspecified atom stereocenters. The highest BCUT2D eigenvalue weighted by atomic mass is 79.9. The zero-order valence-electron chi connectivity index (χ0n) is 8.51. The molecule has 1 aromatic rings. The van der Waals surface area contributed by atoms with Gasteiger partial charge in [0.2, 0.25) is 0 Å². The van der Waals surface area contributed by atoms with Crippen molar-refractivity contribution >= 4 is 22.0 Å². The topological polar surface area (TPSA) is 60.8 Å². The Bertz CT molecular complexity index is 393. The van der Waals surface area contributed by atoms with Crippen molar-refractivity contribution in [3.8, 4) is 0 Å². The molecule has 1 heterocycles. The molecular formula is C11H12BrNO3. The molecule has 5 heteroatoms. The molecule has 1 aromatic carbocycles. The van der Waals surface area contributed by atoms with Gasteiger partial charge in [-0.3, -0.25) is 0 Å². The average molecular weight is 286 g/mol. The second kappa shape index (κ2) is 4.43. The van der Waals surface area contributed by atoms with Gasteiger partial charge in [0.25, 0.3) is 0 Å². The maximum atomic E-state index is 10.8. The summed E-state index contributed by atoms with van der Waals surface area (Å²) >= 11 is 3.34. The third kappa shape index (κ3) is 2.20. The van der Waals surface area contributed by atoms with Crippen molar-refractivity contribution in [3.05, 3.63) is 34.3 Å². The first kappa shape index (κ1) is 11.4. The van der Waals surface area contributed by atoms with E-state index in [4.69, 9.17) is 5.11 Å². The van der Waals surface area contributed by atoms with Crippen LogP contribution in [0.15, 0.2) is 28.7 Å². The summed E-state index contributed by atoms with van der Waals surface area (Å²) in [7, 11) is 0.